The summed E-state index contributed by atoms with van der Waals surface area (Å²) in [5.74, 6) is 0.958. The summed E-state index contributed by atoms with van der Waals surface area (Å²) in [6.07, 6.45) is -2.83. The van der Waals surface area contributed by atoms with Crippen LogP contribution in [0.2, 0.25) is 0 Å². The molecule has 0 aliphatic heterocycles. The number of carbonyl (C=O) groups excluding carboxylic acids is 1. The number of fused-ring (bicyclic) bond motifs is 1. The first-order chi connectivity index (χ1) is 16.2. The van der Waals surface area contributed by atoms with E-state index >= 15 is 0 Å². The van der Waals surface area contributed by atoms with Crippen LogP contribution in [0, 0.1) is 0 Å². The van der Waals surface area contributed by atoms with Gasteiger partial charge in [0.15, 0.2) is 0 Å². The Labute approximate surface area is 195 Å². The molecule has 3 rings (SSSR count). The molecule has 0 saturated carbocycles. The van der Waals surface area contributed by atoms with Crippen LogP contribution in [0.4, 0.5) is 19.0 Å². The Balaban J connectivity index is 2.09. The molecule has 2 aromatic heterocycles. The number of amides is 1. The number of anilines is 1. The highest BCUT2D eigenvalue weighted by atomic mass is 19.4. The number of hydrogen-bond acceptors (Lipinski definition) is 6. The van der Waals surface area contributed by atoms with Crippen molar-refractivity contribution in [3.05, 3.63) is 36.0 Å². The summed E-state index contributed by atoms with van der Waals surface area (Å²) in [6, 6.07) is 6.54. The fourth-order valence-corrected chi connectivity index (χ4v) is 3.68. The molecule has 0 unspecified atom stereocenters. The van der Waals surface area contributed by atoms with Gasteiger partial charge in [0.2, 0.25) is 0 Å². The Morgan fingerprint density at radius 2 is 2.00 bits per heavy atom. The lowest BCUT2D eigenvalue weighted by molar-refractivity contribution is -0.119. The number of nitrogens with zero attached hydrogens (tertiary/aromatic N) is 4. The molecule has 0 bridgehead atoms. The number of imidazole rings is 1. The molecule has 184 valence electrons. The first kappa shape index (κ1) is 25.3. The van der Waals surface area contributed by atoms with E-state index in [0.717, 1.165) is 4.90 Å². The number of rotatable bonds is 10. The average Bonchev–Trinajstić information content (AvgIpc) is 3.19. The number of hydrogen-bond donors (Lipinski definition) is 1. The third-order valence-corrected chi connectivity index (χ3v) is 5.26. The molecule has 34 heavy (non-hydrogen) atoms. The van der Waals surface area contributed by atoms with Gasteiger partial charge in [-0.1, -0.05) is 0 Å². The van der Waals surface area contributed by atoms with Crippen LogP contribution in [0.3, 0.4) is 0 Å². The highest BCUT2D eigenvalue weighted by molar-refractivity contribution is 5.99. The minimum Gasteiger partial charge on any atom is -0.494 e. The smallest absolute Gasteiger partial charge is 0.405 e. The Bertz CT molecular complexity index is 1130. The van der Waals surface area contributed by atoms with Gasteiger partial charge in [0.1, 0.15) is 29.5 Å². The zero-order chi connectivity index (χ0) is 24.9. The Kier molecular flexibility index (Phi) is 7.98. The lowest BCUT2D eigenvalue weighted by atomic mass is 10.1. The van der Waals surface area contributed by atoms with Crippen LogP contribution in [0.15, 0.2) is 30.5 Å². The highest BCUT2D eigenvalue weighted by Crippen LogP contribution is 2.33. The van der Waals surface area contributed by atoms with Gasteiger partial charge in [-0.25, -0.2) is 9.97 Å². The van der Waals surface area contributed by atoms with E-state index in [1.165, 1.54) is 20.4 Å². The Morgan fingerprint density at radius 1 is 1.24 bits per heavy atom. The first-order valence-corrected chi connectivity index (χ1v) is 10.9. The molecule has 0 radical (unpaired) electrons. The van der Waals surface area contributed by atoms with Crippen LogP contribution in [-0.2, 0) is 11.3 Å². The van der Waals surface area contributed by atoms with Crippen molar-refractivity contribution in [1.82, 2.24) is 19.9 Å². The van der Waals surface area contributed by atoms with Crippen molar-refractivity contribution in [2.75, 3.05) is 45.4 Å². The van der Waals surface area contributed by atoms with Crippen molar-refractivity contribution in [2.24, 2.45) is 0 Å². The maximum atomic E-state index is 12.9. The van der Waals surface area contributed by atoms with Crippen molar-refractivity contribution in [3.63, 3.8) is 0 Å². The number of aromatic nitrogens is 3. The monoisotopic (exact) mass is 479 g/mol. The third-order valence-electron chi connectivity index (χ3n) is 5.26. The maximum Gasteiger partial charge on any atom is 0.405 e. The van der Waals surface area contributed by atoms with E-state index in [4.69, 9.17) is 14.5 Å². The van der Waals surface area contributed by atoms with Crippen LogP contribution < -0.4 is 15.0 Å². The number of halogens is 3. The number of pyridine rings is 1. The SMILES string of the molecule is CCOCCn1c(-c2ccc(N(CC)CC(F)(F)F)nc2)nc2cc(C(=O)NC)cc(OC)c21. The van der Waals surface area contributed by atoms with Crippen molar-refractivity contribution < 1.29 is 27.4 Å². The molecule has 0 atom stereocenters. The lowest BCUT2D eigenvalue weighted by Gasteiger charge is -2.23. The lowest BCUT2D eigenvalue weighted by Crippen LogP contribution is -2.34. The van der Waals surface area contributed by atoms with Crippen molar-refractivity contribution >= 4 is 22.8 Å². The second-order valence-electron chi connectivity index (χ2n) is 7.44. The Morgan fingerprint density at radius 3 is 2.56 bits per heavy atom. The van der Waals surface area contributed by atoms with Gasteiger partial charge >= 0.3 is 6.18 Å². The predicted molar refractivity (Wildman–Crippen MR) is 123 cm³/mol. The van der Waals surface area contributed by atoms with Gasteiger partial charge in [-0.05, 0) is 38.1 Å². The van der Waals surface area contributed by atoms with Gasteiger partial charge in [-0.2, -0.15) is 13.2 Å². The molecule has 1 amide bonds. The van der Waals surface area contributed by atoms with E-state index in [1.54, 1.807) is 31.2 Å². The molecule has 11 heteroatoms. The summed E-state index contributed by atoms with van der Waals surface area (Å²) in [7, 11) is 3.05. The van der Waals surface area contributed by atoms with Crippen molar-refractivity contribution in [3.8, 4) is 17.1 Å². The van der Waals surface area contributed by atoms with Gasteiger partial charge in [-0.3, -0.25) is 4.79 Å². The van der Waals surface area contributed by atoms with Gasteiger partial charge in [-0.15, -0.1) is 0 Å². The molecule has 0 spiro atoms. The number of alkyl halides is 3. The number of methoxy groups -OCH3 is 1. The molecule has 0 aliphatic carbocycles. The number of carbonyl (C=O) groups is 1. The topological polar surface area (TPSA) is 81.5 Å². The third kappa shape index (κ3) is 5.58. The summed E-state index contributed by atoms with van der Waals surface area (Å²) < 4.78 is 51.7. The number of benzene rings is 1. The van der Waals surface area contributed by atoms with Crippen LogP contribution in [-0.4, -0.2) is 67.1 Å². The van der Waals surface area contributed by atoms with E-state index in [2.05, 4.69) is 10.3 Å². The normalized spacial score (nSPS) is 11.6. The number of nitrogens with one attached hydrogen (secondary N) is 1. The molecule has 1 N–H and O–H groups in total. The largest absolute Gasteiger partial charge is 0.494 e. The van der Waals surface area contributed by atoms with Gasteiger partial charge < -0.3 is 24.3 Å². The van der Waals surface area contributed by atoms with Crippen molar-refractivity contribution in [2.45, 2.75) is 26.6 Å². The maximum absolute atomic E-state index is 12.9. The second-order valence-corrected chi connectivity index (χ2v) is 7.44. The standard InChI is InChI=1S/C23H28F3N5O3/c1-5-30(14-23(24,25)26)19-8-7-15(13-28-19)21-29-17-11-16(22(32)27-3)12-18(33-4)20(17)31(21)9-10-34-6-2/h7-8,11-13H,5-6,9-10,14H2,1-4H3,(H,27,32). The minimum atomic E-state index is -4.33. The van der Waals surface area contributed by atoms with Gasteiger partial charge in [0, 0.05) is 44.1 Å². The zero-order valence-corrected chi connectivity index (χ0v) is 19.6. The van der Waals surface area contributed by atoms with Crippen LogP contribution in [0.25, 0.3) is 22.4 Å². The van der Waals surface area contributed by atoms with Crippen molar-refractivity contribution in [1.29, 1.82) is 0 Å². The van der Waals surface area contributed by atoms with Gasteiger partial charge in [0.25, 0.3) is 5.91 Å². The molecule has 0 aliphatic rings. The first-order valence-electron chi connectivity index (χ1n) is 10.9. The van der Waals surface area contributed by atoms with Crippen LogP contribution in [0.1, 0.15) is 24.2 Å². The fourth-order valence-electron chi connectivity index (χ4n) is 3.68. The number of ether oxygens (including phenoxy) is 2. The van der Waals surface area contributed by atoms with E-state index in [9.17, 15) is 18.0 Å². The van der Waals surface area contributed by atoms with Gasteiger partial charge in [0.05, 0.1) is 19.2 Å². The van der Waals surface area contributed by atoms with E-state index in [-0.39, 0.29) is 18.3 Å². The molecule has 0 saturated heterocycles. The molecule has 8 nitrogen and oxygen atoms in total. The molecule has 0 fully saturated rings. The summed E-state index contributed by atoms with van der Waals surface area (Å²) in [6.45, 7) is 4.03. The summed E-state index contributed by atoms with van der Waals surface area (Å²) in [5.41, 5.74) is 2.23. The predicted octanol–water partition coefficient (Wildman–Crippen LogP) is 3.89. The molecular formula is C23H28F3N5O3. The zero-order valence-electron chi connectivity index (χ0n) is 19.6. The molecule has 2 heterocycles. The fraction of sp³-hybridized carbons (Fsp3) is 0.435. The Hall–Kier alpha value is -3.34. The highest BCUT2D eigenvalue weighted by Gasteiger charge is 2.31. The quantitative estimate of drug-likeness (QED) is 0.445. The molecule has 1 aromatic carbocycles. The average molecular weight is 480 g/mol. The van der Waals surface area contributed by atoms with Crippen LogP contribution in [0.5, 0.6) is 5.75 Å². The summed E-state index contributed by atoms with van der Waals surface area (Å²) in [5, 5.41) is 2.59. The van der Waals surface area contributed by atoms with E-state index in [0.29, 0.717) is 53.5 Å². The van der Waals surface area contributed by atoms with E-state index in [1.807, 2.05) is 11.5 Å². The van der Waals surface area contributed by atoms with Crippen LogP contribution >= 0.6 is 0 Å². The van der Waals surface area contributed by atoms with E-state index < -0.39 is 12.7 Å². The summed E-state index contributed by atoms with van der Waals surface area (Å²) >= 11 is 0. The molecular weight excluding hydrogens is 451 g/mol. The molecule has 3 aromatic rings. The minimum absolute atomic E-state index is 0.165. The summed E-state index contributed by atoms with van der Waals surface area (Å²) in [4.78, 5) is 22.3. The second kappa shape index (κ2) is 10.7.